The summed E-state index contributed by atoms with van der Waals surface area (Å²) in [4.78, 5) is 29.2. The van der Waals surface area contributed by atoms with E-state index >= 15 is 0 Å². The molecule has 8 heteroatoms. The van der Waals surface area contributed by atoms with Crippen LogP contribution in [0, 0.1) is 5.41 Å². The highest BCUT2D eigenvalue weighted by molar-refractivity contribution is 6.10. The zero-order chi connectivity index (χ0) is 32.9. The second-order valence-electron chi connectivity index (χ2n) is 13.7. The number of fused-ring (bicyclic) bond motifs is 8. The lowest BCUT2D eigenvalue weighted by Crippen LogP contribution is -2.55. The first-order chi connectivity index (χ1) is 22.1. The Balaban J connectivity index is 1.57. The van der Waals surface area contributed by atoms with Crippen LogP contribution < -0.4 is 4.74 Å². The van der Waals surface area contributed by atoms with Crippen LogP contribution in [0.4, 0.5) is 4.79 Å². The molecule has 2 aromatic carbocycles. The Morgan fingerprint density at radius 3 is 2.57 bits per heavy atom. The molecule has 2 N–H and O–H groups in total. The Morgan fingerprint density at radius 1 is 1.09 bits per heavy atom. The summed E-state index contributed by atoms with van der Waals surface area (Å²) in [6.45, 7) is 7.46. The number of allylic oxidation sites excluding steroid dienone is 2. The van der Waals surface area contributed by atoms with Crippen molar-refractivity contribution < 1.29 is 34.0 Å². The molecule has 3 aliphatic carbocycles. The van der Waals surface area contributed by atoms with Gasteiger partial charge in [-0.25, -0.2) is 4.79 Å². The second-order valence-corrected chi connectivity index (χ2v) is 13.7. The Morgan fingerprint density at radius 2 is 1.87 bits per heavy atom. The predicted molar refractivity (Wildman–Crippen MR) is 177 cm³/mol. The van der Waals surface area contributed by atoms with Crippen LogP contribution in [0.3, 0.4) is 0 Å². The van der Waals surface area contributed by atoms with Crippen molar-refractivity contribution in [1.82, 2.24) is 4.90 Å². The lowest BCUT2D eigenvalue weighted by atomic mass is 9.64. The molecule has 1 amide bonds. The highest BCUT2D eigenvalue weighted by atomic mass is 16.6. The summed E-state index contributed by atoms with van der Waals surface area (Å²) < 4.78 is 16.7. The average molecular weight is 634 g/mol. The Kier molecular flexibility index (Phi) is 10.9. The SMILES string of the molecule is CCOC(=O)N(C[C@H]1CCCO1)C[C@]1(O)CC[C@H]2c3ccc(cc3C(=O)c3ccc(OC)cc3)C[C@@H](O)CCC(C)=CCC[C@@]21C. The van der Waals surface area contributed by atoms with Gasteiger partial charge >= 0.3 is 6.09 Å². The Bertz CT molecular complexity index is 1400. The molecule has 2 fully saturated rings. The fourth-order valence-corrected chi connectivity index (χ4v) is 7.86. The number of aliphatic hydroxyl groups is 2. The first-order valence-corrected chi connectivity index (χ1v) is 17.0. The minimum Gasteiger partial charge on any atom is -0.497 e. The van der Waals surface area contributed by atoms with E-state index in [1.165, 1.54) is 5.57 Å². The van der Waals surface area contributed by atoms with E-state index in [4.69, 9.17) is 14.2 Å². The lowest BCUT2D eigenvalue weighted by Gasteiger charge is -2.46. The number of methoxy groups -OCH3 is 1. The summed E-state index contributed by atoms with van der Waals surface area (Å²) in [5, 5.41) is 23.6. The third kappa shape index (κ3) is 7.35. The van der Waals surface area contributed by atoms with E-state index in [1.807, 2.05) is 18.2 Å². The third-order valence-corrected chi connectivity index (χ3v) is 10.7. The van der Waals surface area contributed by atoms with Gasteiger partial charge in [0, 0.05) is 23.1 Å². The standard InChI is InChI=1S/C38H51NO7/c1-5-45-36(42)39(24-31-9-7-21-46-31)25-38(43)20-18-34-32-17-11-27(22-29(40)14-10-26(2)8-6-19-37(34,38)3)23-33(32)35(41)28-12-15-30(44-4)16-13-28/h8,11-13,15-17,23,29,31,34,40,43H,5-7,9-10,14,18-22,24-25H2,1-4H3/t29-,31+,34-,37-,38+/m0/s1. The monoisotopic (exact) mass is 633 g/mol. The number of amides is 1. The molecule has 1 aliphatic heterocycles. The number of carbonyl (C=O) groups is 2. The molecular weight excluding hydrogens is 582 g/mol. The number of hydrogen-bond donors (Lipinski definition) is 2. The van der Waals surface area contributed by atoms with Gasteiger partial charge in [0.25, 0.3) is 0 Å². The summed E-state index contributed by atoms with van der Waals surface area (Å²) in [7, 11) is 1.60. The molecule has 0 unspecified atom stereocenters. The number of nitrogens with zero attached hydrogens (tertiary/aromatic N) is 1. The summed E-state index contributed by atoms with van der Waals surface area (Å²) in [5.74, 6) is 0.437. The van der Waals surface area contributed by atoms with Crippen molar-refractivity contribution in [3.05, 3.63) is 76.4 Å². The topological polar surface area (TPSA) is 106 Å². The number of rotatable bonds is 8. The zero-order valence-electron chi connectivity index (χ0n) is 27.9. The maximum Gasteiger partial charge on any atom is 0.409 e. The molecule has 0 radical (unpaired) electrons. The van der Waals surface area contributed by atoms with E-state index in [1.54, 1.807) is 43.2 Å². The van der Waals surface area contributed by atoms with Gasteiger partial charge < -0.3 is 29.3 Å². The zero-order valence-corrected chi connectivity index (χ0v) is 27.9. The van der Waals surface area contributed by atoms with Crippen LogP contribution in [0.2, 0.25) is 0 Å². The van der Waals surface area contributed by atoms with Crippen molar-refractivity contribution in [2.24, 2.45) is 5.41 Å². The summed E-state index contributed by atoms with van der Waals surface area (Å²) in [6.07, 6.45) is 7.44. The Labute approximate surface area is 273 Å². The molecule has 4 aliphatic rings. The average Bonchev–Trinajstić information content (AvgIpc) is 3.65. The highest BCUT2D eigenvalue weighted by Gasteiger charge is 2.58. The van der Waals surface area contributed by atoms with Crippen molar-refractivity contribution >= 4 is 11.9 Å². The number of ether oxygens (including phenoxy) is 3. The van der Waals surface area contributed by atoms with Gasteiger partial charge in [0.05, 0.1) is 44.6 Å². The minimum atomic E-state index is -1.23. The molecule has 1 saturated carbocycles. The number of carbonyl (C=O) groups excluding carboxylic acids is 2. The molecule has 46 heavy (non-hydrogen) atoms. The van der Waals surface area contributed by atoms with Gasteiger partial charge in [-0.2, -0.15) is 0 Å². The smallest absolute Gasteiger partial charge is 0.409 e. The first kappa shape index (κ1) is 34.1. The first-order valence-electron chi connectivity index (χ1n) is 17.0. The van der Waals surface area contributed by atoms with Gasteiger partial charge in [0.15, 0.2) is 5.78 Å². The number of benzene rings is 2. The van der Waals surface area contributed by atoms with Gasteiger partial charge in [-0.05, 0) is 119 Å². The van der Waals surface area contributed by atoms with Crippen LogP contribution in [0.25, 0.3) is 0 Å². The van der Waals surface area contributed by atoms with Crippen molar-refractivity contribution in [2.75, 3.05) is 33.4 Å². The maximum absolute atomic E-state index is 14.2. The van der Waals surface area contributed by atoms with Crippen molar-refractivity contribution in [3.8, 4) is 5.75 Å². The molecule has 5 atom stereocenters. The molecule has 2 aromatic rings. The van der Waals surface area contributed by atoms with Crippen LogP contribution in [0.15, 0.2) is 54.1 Å². The van der Waals surface area contributed by atoms with Crippen LogP contribution in [-0.2, 0) is 15.9 Å². The van der Waals surface area contributed by atoms with Crippen molar-refractivity contribution in [1.29, 1.82) is 0 Å². The molecule has 8 nitrogen and oxygen atoms in total. The Hall–Kier alpha value is -3.20. The van der Waals surface area contributed by atoms with E-state index in [2.05, 4.69) is 19.9 Å². The molecule has 0 spiro atoms. The fourth-order valence-electron chi connectivity index (χ4n) is 7.86. The molecule has 6 rings (SSSR count). The predicted octanol–water partition coefficient (Wildman–Crippen LogP) is 6.60. The number of ketones is 1. The van der Waals surface area contributed by atoms with Crippen LogP contribution in [-0.4, -0.2) is 78.2 Å². The summed E-state index contributed by atoms with van der Waals surface area (Å²) in [5.41, 5.74) is 2.29. The van der Waals surface area contributed by atoms with Crippen molar-refractivity contribution in [3.63, 3.8) is 0 Å². The molecule has 1 heterocycles. The van der Waals surface area contributed by atoms with Gasteiger partial charge in [-0.15, -0.1) is 0 Å². The normalized spacial score (nSPS) is 28.2. The second kappa shape index (κ2) is 14.7. The number of hydrogen-bond acceptors (Lipinski definition) is 7. The van der Waals surface area contributed by atoms with Crippen LogP contribution in [0.5, 0.6) is 5.75 Å². The van der Waals surface area contributed by atoms with Gasteiger partial charge in [0.2, 0.25) is 0 Å². The molecule has 250 valence electrons. The highest BCUT2D eigenvalue weighted by Crippen LogP contribution is 2.59. The van der Waals surface area contributed by atoms with Crippen LogP contribution >= 0.6 is 0 Å². The van der Waals surface area contributed by atoms with Crippen molar-refractivity contribution in [2.45, 2.75) is 102 Å². The fraction of sp³-hybridized carbons (Fsp3) is 0.579. The molecule has 0 aromatic heterocycles. The van der Waals surface area contributed by atoms with E-state index in [9.17, 15) is 19.8 Å². The van der Waals surface area contributed by atoms with E-state index in [-0.39, 0.29) is 31.0 Å². The molecule has 1 saturated heterocycles. The van der Waals surface area contributed by atoms with Gasteiger partial charge in [0.1, 0.15) is 5.75 Å². The maximum atomic E-state index is 14.2. The van der Waals surface area contributed by atoms with Gasteiger partial charge in [-0.3, -0.25) is 4.79 Å². The lowest BCUT2D eigenvalue weighted by molar-refractivity contribution is -0.0851. The van der Waals surface area contributed by atoms with Gasteiger partial charge in [-0.1, -0.05) is 30.7 Å². The largest absolute Gasteiger partial charge is 0.497 e. The quantitative estimate of drug-likeness (QED) is 0.249. The number of aliphatic hydroxyl groups excluding tert-OH is 1. The summed E-state index contributed by atoms with van der Waals surface area (Å²) >= 11 is 0. The molecule has 2 bridgehead atoms. The summed E-state index contributed by atoms with van der Waals surface area (Å²) in [6, 6.07) is 13.2. The third-order valence-electron chi connectivity index (χ3n) is 10.7. The van der Waals surface area contributed by atoms with E-state index in [0.717, 1.165) is 36.8 Å². The minimum absolute atomic E-state index is 0.0794. The van der Waals surface area contributed by atoms with Crippen LogP contribution in [0.1, 0.15) is 105 Å². The molecular formula is C38H51NO7. The van der Waals surface area contributed by atoms with E-state index < -0.39 is 23.2 Å². The van der Waals surface area contributed by atoms with E-state index in [0.29, 0.717) is 62.1 Å².